The maximum atomic E-state index is 12.1. The lowest BCUT2D eigenvalue weighted by atomic mass is 10.1. The molecule has 18 heavy (non-hydrogen) atoms. The Hall–Kier alpha value is -2.22. The van der Waals surface area contributed by atoms with Gasteiger partial charge in [0.2, 0.25) is 6.79 Å². The van der Waals surface area contributed by atoms with Crippen molar-refractivity contribution >= 4 is 5.91 Å². The van der Waals surface area contributed by atoms with Crippen LogP contribution in [0.4, 0.5) is 0 Å². The van der Waals surface area contributed by atoms with Crippen LogP contribution in [0.1, 0.15) is 17.3 Å². The average Bonchev–Trinajstić information content (AvgIpc) is 2.84. The zero-order valence-corrected chi connectivity index (χ0v) is 10.3. The van der Waals surface area contributed by atoms with Crippen LogP contribution in [-0.4, -0.2) is 31.2 Å². The normalized spacial score (nSPS) is 13.8. The van der Waals surface area contributed by atoms with Crippen LogP contribution >= 0.6 is 0 Å². The third-order valence-electron chi connectivity index (χ3n) is 2.73. The van der Waals surface area contributed by atoms with E-state index >= 15 is 0 Å². The number of carbonyl (C=O) groups excluding carboxylic acids is 1. The van der Waals surface area contributed by atoms with E-state index < -0.39 is 0 Å². The van der Waals surface area contributed by atoms with Crippen LogP contribution in [-0.2, 0) is 0 Å². The molecule has 1 unspecified atom stereocenters. The zero-order valence-electron chi connectivity index (χ0n) is 10.3. The predicted molar refractivity (Wildman–Crippen MR) is 64.3 cm³/mol. The van der Waals surface area contributed by atoms with Crippen molar-refractivity contribution in [1.29, 1.82) is 5.26 Å². The van der Waals surface area contributed by atoms with Crippen LogP contribution in [0.15, 0.2) is 18.2 Å². The highest BCUT2D eigenvalue weighted by molar-refractivity contribution is 5.94. The fourth-order valence-corrected chi connectivity index (χ4v) is 1.78. The minimum Gasteiger partial charge on any atom is -0.454 e. The number of fused-ring (bicyclic) bond motifs is 1. The van der Waals surface area contributed by atoms with Gasteiger partial charge in [-0.1, -0.05) is 0 Å². The highest BCUT2D eigenvalue weighted by Gasteiger charge is 2.19. The second-order valence-electron chi connectivity index (χ2n) is 4.28. The monoisotopic (exact) mass is 246 g/mol. The first-order chi connectivity index (χ1) is 8.61. The van der Waals surface area contributed by atoms with Crippen molar-refractivity contribution in [2.45, 2.75) is 6.92 Å². The zero-order chi connectivity index (χ0) is 13.1. The quantitative estimate of drug-likeness (QED) is 0.813. The predicted octanol–water partition coefficient (Wildman–Crippen LogP) is 1.65. The van der Waals surface area contributed by atoms with E-state index in [0.717, 1.165) is 0 Å². The molecule has 0 bridgehead atoms. The van der Waals surface area contributed by atoms with E-state index in [2.05, 4.69) is 6.07 Å². The van der Waals surface area contributed by atoms with Crippen LogP contribution in [0.3, 0.4) is 0 Å². The SMILES string of the molecule is CC(C#N)CN(C)C(=O)c1ccc2c(c1)OCO2. The summed E-state index contributed by atoms with van der Waals surface area (Å²) in [7, 11) is 1.68. The molecule has 2 rings (SSSR count). The van der Waals surface area contributed by atoms with Crippen LogP contribution in [0.5, 0.6) is 11.5 Å². The van der Waals surface area contributed by atoms with E-state index in [-0.39, 0.29) is 18.6 Å². The minimum absolute atomic E-state index is 0.129. The summed E-state index contributed by atoms with van der Waals surface area (Å²) in [5.41, 5.74) is 0.534. The molecule has 0 radical (unpaired) electrons. The van der Waals surface area contributed by atoms with Gasteiger partial charge in [0.05, 0.1) is 12.0 Å². The number of nitrogens with zero attached hydrogens (tertiary/aromatic N) is 2. The molecule has 1 heterocycles. The summed E-state index contributed by atoms with van der Waals surface area (Å²) < 4.78 is 10.4. The Kier molecular flexibility index (Phi) is 3.38. The van der Waals surface area contributed by atoms with Gasteiger partial charge in [0, 0.05) is 19.2 Å². The number of benzene rings is 1. The van der Waals surface area contributed by atoms with Crippen LogP contribution < -0.4 is 9.47 Å². The second-order valence-corrected chi connectivity index (χ2v) is 4.28. The number of rotatable bonds is 3. The van der Waals surface area contributed by atoms with Gasteiger partial charge in [0.25, 0.3) is 5.91 Å². The molecule has 94 valence electrons. The van der Waals surface area contributed by atoms with Gasteiger partial charge in [0.1, 0.15) is 0 Å². The molecule has 0 aromatic heterocycles. The molecular weight excluding hydrogens is 232 g/mol. The molecule has 0 spiro atoms. The average molecular weight is 246 g/mol. The third kappa shape index (κ3) is 2.38. The lowest BCUT2D eigenvalue weighted by Gasteiger charge is -2.18. The van der Waals surface area contributed by atoms with Gasteiger partial charge in [-0.3, -0.25) is 4.79 Å². The minimum atomic E-state index is -0.187. The van der Waals surface area contributed by atoms with Crippen molar-refractivity contribution in [2.24, 2.45) is 5.92 Å². The Morgan fingerprint density at radius 2 is 2.22 bits per heavy atom. The Balaban J connectivity index is 2.12. The first kappa shape index (κ1) is 12.2. The van der Waals surface area contributed by atoms with Crippen molar-refractivity contribution in [1.82, 2.24) is 4.90 Å². The van der Waals surface area contributed by atoms with Gasteiger partial charge < -0.3 is 14.4 Å². The highest BCUT2D eigenvalue weighted by atomic mass is 16.7. The van der Waals surface area contributed by atoms with Crippen molar-refractivity contribution in [2.75, 3.05) is 20.4 Å². The van der Waals surface area contributed by atoms with Crippen LogP contribution in [0.25, 0.3) is 0 Å². The molecule has 0 saturated heterocycles. The van der Waals surface area contributed by atoms with Crippen molar-refractivity contribution in [3.63, 3.8) is 0 Å². The van der Waals surface area contributed by atoms with E-state index in [1.165, 1.54) is 4.90 Å². The van der Waals surface area contributed by atoms with Gasteiger partial charge in [-0.15, -0.1) is 0 Å². The van der Waals surface area contributed by atoms with Crippen LogP contribution in [0, 0.1) is 17.2 Å². The molecule has 0 N–H and O–H groups in total. The summed E-state index contributed by atoms with van der Waals surface area (Å²) in [6.45, 7) is 2.38. The Morgan fingerprint density at radius 3 is 2.94 bits per heavy atom. The summed E-state index contributed by atoms with van der Waals surface area (Å²) in [6, 6.07) is 7.19. The van der Waals surface area contributed by atoms with E-state index in [1.807, 2.05) is 0 Å². The maximum Gasteiger partial charge on any atom is 0.253 e. The summed E-state index contributed by atoms with van der Waals surface area (Å²) in [4.78, 5) is 13.6. The van der Waals surface area contributed by atoms with Gasteiger partial charge in [0.15, 0.2) is 11.5 Å². The molecule has 1 aromatic rings. The lowest BCUT2D eigenvalue weighted by molar-refractivity contribution is 0.0784. The smallest absolute Gasteiger partial charge is 0.253 e. The standard InChI is InChI=1S/C13H14N2O3/c1-9(6-14)7-15(2)13(16)10-3-4-11-12(5-10)18-8-17-11/h3-5,9H,7-8H2,1-2H3. The first-order valence-corrected chi connectivity index (χ1v) is 5.66. The molecule has 1 atom stereocenters. The number of hydrogen-bond acceptors (Lipinski definition) is 4. The van der Waals surface area contributed by atoms with Gasteiger partial charge in [-0.25, -0.2) is 0 Å². The third-order valence-corrected chi connectivity index (χ3v) is 2.73. The lowest BCUT2D eigenvalue weighted by Crippen LogP contribution is -2.30. The number of amides is 1. The maximum absolute atomic E-state index is 12.1. The molecular formula is C13H14N2O3. The molecule has 0 fully saturated rings. The van der Waals surface area contributed by atoms with E-state index in [1.54, 1.807) is 32.2 Å². The molecule has 0 saturated carbocycles. The number of carbonyl (C=O) groups is 1. The van der Waals surface area contributed by atoms with Crippen molar-refractivity contribution < 1.29 is 14.3 Å². The van der Waals surface area contributed by atoms with Crippen molar-refractivity contribution in [3.05, 3.63) is 23.8 Å². The summed E-state index contributed by atoms with van der Waals surface area (Å²) in [6.07, 6.45) is 0. The molecule has 1 aromatic carbocycles. The van der Waals surface area contributed by atoms with Gasteiger partial charge >= 0.3 is 0 Å². The highest BCUT2D eigenvalue weighted by Crippen LogP contribution is 2.32. The fourth-order valence-electron chi connectivity index (χ4n) is 1.78. The molecule has 1 aliphatic rings. The largest absolute Gasteiger partial charge is 0.454 e. The molecule has 1 amide bonds. The Labute approximate surface area is 106 Å². The van der Waals surface area contributed by atoms with Gasteiger partial charge in [-0.2, -0.15) is 5.26 Å². The van der Waals surface area contributed by atoms with Gasteiger partial charge in [-0.05, 0) is 25.1 Å². The number of ether oxygens (including phenoxy) is 2. The summed E-state index contributed by atoms with van der Waals surface area (Å²) >= 11 is 0. The Bertz CT molecular complexity index is 507. The number of hydrogen-bond donors (Lipinski definition) is 0. The molecule has 5 nitrogen and oxygen atoms in total. The topological polar surface area (TPSA) is 62.6 Å². The Morgan fingerprint density at radius 1 is 1.50 bits per heavy atom. The summed E-state index contributed by atoms with van der Waals surface area (Å²) in [5, 5.41) is 8.74. The molecule has 5 heteroatoms. The molecule has 0 aliphatic carbocycles. The summed E-state index contributed by atoms with van der Waals surface area (Å²) in [5.74, 6) is 0.922. The van der Waals surface area contributed by atoms with E-state index in [9.17, 15) is 4.79 Å². The molecule has 1 aliphatic heterocycles. The first-order valence-electron chi connectivity index (χ1n) is 5.66. The van der Waals surface area contributed by atoms with Crippen molar-refractivity contribution in [3.8, 4) is 17.6 Å². The van der Waals surface area contributed by atoms with E-state index in [0.29, 0.717) is 23.6 Å². The van der Waals surface area contributed by atoms with E-state index in [4.69, 9.17) is 14.7 Å². The number of nitriles is 1. The van der Waals surface area contributed by atoms with Crippen LogP contribution in [0.2, 0.25) is 0 Å². The second kappa shape index (κ2) is 4.96. The fraction of sp³-hybridized carbons (Fsp3) is 0.385.